The minimum Gasteiger partial charge on any atom is -0.350 e. The monoisotopic (exact) mass is 150 g/mol. The number of hydrogen-bond donors (Lipinski definition) is 1. The highest BCUT2D eigenvalue weighted by Crippen LogP contribution is 1.91. The van der Waals surface area contributed by atoms with E-state index >= 15 is 0 Å². The summed E-state index contributed by atoms with van der Waals surface area (Å²) < 4.78 is 0. The van der Waals surface area contributed by atoms with Crippen LogP contribution in [0.5, 0.6) is 0 Å². The van der Waals surface area contributed by atoms with Gasteiger partial charge in [-0.2, -0.15) is 0 Å². The van der Waals surface area contributed by atoms with Crippen LogP contribution in [-0.2, 0) is 6.54 Å². The zero-order chi connectivity index (χ0) is 8.10. The van der Waals surface area contributed by atoms with Crippen molar-refractivity contribution in [2.24, 2.45) is 5.73 Å². The first-order chi connectivity index (χ1) is 5.29. The molecular formula is C7H8N3O. The number of primary amides is 1. The van der Waals surface area contributed by atoms with E-state index in [9.17, 15) is 4.79 Å². The maximum atomic E-state index is 10.2. The standard InChI is InChI=1S/C7H8N3O/c8-7(11)10-5-6-3-1-2-4-9-6/h1-4H,5H2,(H2,8,11). The molecule has 2 N–H and O–H groups in total. The van der Waals surface area contributed by atoms with Crippen LogP contribution in [0.2, 0.25) is 0 Å². The molecule has 11 heavy (non-hydrogen) atoms. The predicted molar refractivity (Wildman–Crippen MR) is 39.7 cm³/mol. The van der Waals surface area contributed by atoms with Gasteiger partial charge in [0, 0.05) is 6.20 Å². The van der Waals surface area contributed by atoms with Gasteiger partial charge < -0.3 is 5.73 Å². The molecule has 4 nitrogen and oxygen atoms in total. The minimum atomic E-state index is -0.657. The number of pyridine rings is 1. The van der Waals surface area contributed by atoms with Crippen LogP contribution in [-0.4, -0.2) is 11.0 Å². The van der Waals surface area contributed by atoms with Crippen molar-refractivity contribution in [1.82, 2.24) is 10.3 Å². The van der Waals surface area contributed by atoms with Crippen molar-refractivity contribution in [3.8, 4) is 0 Å². The van der Waals surface area contributed by atoms with Crippen LogP contribution in [0.3, 0.4) is 0 Å². The number of amides is 2. The third kappa shape index (κ3) is 2.66. The van der Waals surface area contributed by atoms with Crippen LogP contribution in [0.1, 0.15) is 5.69 Å². The first-order valence-corrected chi connectivity index (χ1v) is 3.16. The summed E-state index contributed by atoms with van der Waals surface area (Å²) in [5.74, 6) is 0. The van der Waals surface area contributed by atoms with Crippen LogP contribution in [0.4, 0.5) is 4.79 Å². The van der Waals surface area contributed by atoms with Crippen molar-refractivity contribution in [3.05, 3.63) is 30.1 Å². The fourth-order valence-corrected chi connectivity index (χ4v) is 0.651. The zero-order valence-corrected chi connectivity index (χ0v) is 5.90. The summed E-state index contributed by atoms with van der Waals surface area (Å²) in [7, 11) is 0. The number of carbonyl (C=O) groups excluding carboxylic acids is 1. The first kappa shape index (κ1) is 7.53. The molecule has 0 unspecified atom stereocenters. The van der Waals surface area contributed by atoms with E-state index in [0.29, 0.717) is 0 Å². The molecule has 0 aromatic carbocycles. The Kier molecular flexibility index (Phi) is 2.43. The topological polar surface area (TPSA) is 70.1 Å². The maximum Gasteiger partial charge on any atom is 0.334 e. The fraction of sp³-hybridized carbons (Fsp3) is 0.143. The van der Waals surface area contributed by atoms with E-state index in [4.69, 9.17) is 5.73 Å². The molecule has 0 fully saturated rings. The fourth-order valence-electron chi connectivity index (χ4n) is 0.651. The third-order valence-electron chi connectivity index (χ3n) is 1.12. The van der Waals surface area contributed by atoms with Gasteiger partial charge in [-0.05, 0) is 12.1 Å². The third-order valence-corrected chi connectivity index (χ3v) is 1.12. The molecule has 0 aliphatic rings. The van der Waals surface area contributed by atoms with Crippen LogP contribution in [0, 0.1) is 0 Å². The molecule has 0 bridgehead atoms. The predicted octanol–water partition coefficient (Wildman–Crippen LogP) is 0.265. The van der Waals surface area contributed by atoms with Gasteiger partial charge in [0.05, 0.1) is 12.2 Å². The molecule has 0 atom stereocenters. The lowest BCUT2D eigenvalue weighted by Crippen LogP contribution is -2.22. The molecule has 4 heteroatoms. The Morgan fingerprint density at radius 2 is 2.45 bits per heavy atom. The Bertz CT molecular complexity index is 235. The average molecular weight is 150 g/mol. The quantitative estimate of drug-likeness (QED) is 0.657. The molecule has 2 amide bonds. The molecule has 1 heterocycles. The molecule has 0 aliphatic heterocycles. The van der Waals surface area contributed by atoms with Crippen molar-refractivity contribution in [3.63, 3.8) is 0 Å². The van der Waals surface area contributed by atoms with Gasteiger partial charge in [-0.1, -0.05) is 6.07 Å². The van der Waals surface area contributed by atoms with E-state index in [2.05, 4.69) is 10.3 Å². The van der Waals surface area contributed by atoms with Crippen LogP contribution < -0.4 is 11.1 Å². The van der Waals surface area contributed by atoms with E-state index in [1.165, 1.54) is 0 Å². The molecule has 0 saturated heterocycles. The summed E-state index contributed by atoms with van der Waals surface area (Å²) >= 11 is 0. The van der Waals surface area contributed by atoms with Crippen molar-refractivity contribution in [2.75, 3.05) is 0 Å². The number of nitrogens with two attached hydrogens (primary N) is 1. The first-order valence-electron chi connectivity index (χ1n) is 3.16. The van der Waals surface area contributed by atoms with Gasteiger partial charge in [0.2, 0.25) is 0 Å². The van der Waals surface area contributed by atoms with Crippen molar-refractivity contribution in [2.45, 2.75) is 6.54 Å². The molecule has 0 saturated carbocycles. The summed E-state index contributed by atoms with van der Waals surface area (Å²) in [4.78, 5) is 14.1. The molecular weight excluding hydrogens is 142 g/mol. The van der Waals surface area contributed by atoms with Gasteiger partial charge in [0.25, 0.3) is 0 Å². The van der Waals surface area contributed by atoms with Crippen LogP contribution in [0.15, 0.2) is 24.4 Å². The number of carbonyl (C=O) groups is 1. The molecule has 1 aromatic heterocycles. The van der Waals surface area contributed by atoms with E-state index in [1.54, 1.807) is 18.3 Å². The van der Waals surface area contributed by atoms with Gasteiger partial charge in [0.15, 0.2) is 0 Å². The smallest absolute Gasteiger partial charge is 0.334 e. The summed E-state index contributed by atoms with van der Waals surface area (Å²) in [5.41, 5.74) is 5.55. The molecule has 0 spiro atoms. The lowest BCUT2D eigenvalue weighted by Gasteiger charge is -1.95. The summed E-state index contributed by atoms with van der Waals surface area (Å²) in [6.45, 7) is 0.260. The van der Waals surface area contributed by atoms with E-state index in [-0.39, 0.29) is 6.54 Å². The Morgan fingerprint density at radius 3 is 3.00 bits per heavy atom. The second kappa shape index (κ2) is 3.55. The van der Waals surface area contributed by atoms with Crippen LogP contribution >= 0.6 is 0 Å². The number of rotatable bonds is 2. The van der Waals surface area contributed by atoms with Crippen molar-refractivity contribution in [1.29, 1.82) is 0 Å². The van der Waals surface area contributed by atoms with Gasteiger partial charge in [-0.25, -0.2) is 10.1 Å². The average Bonchev–Trinajstić information content (AvgIpc) is 2.03. The lowest BCUT2D eigenvalue weighted by atomic mass is 10.3. The number of nitrogens with zero attached hydrogens (tertiary/aromatic N) is 2. The van der Waals surface area contributed by atoms with E-state index in [1.807, 2.05) is 6.07 Å². The Hall–Kier alpha value is -1.58. The normalized spacial score (nSPS) is 9.09. The molecule has 0 aliphatic carbocycles. The Labute approximate surface area is 64.4 Å². The molecule has 1 rings (SSSR count). The van der Waals surface area contributed by atoms with Crippen molar-refractivity contribution < 1.29 is 4.79 Å². The zero-order valence-electron chi connectivity index (χ0n) is 5.90. The largest absolute Gasteiger partial charge is 0.350 e. The lowest BCUT2D eigenvalue weighted by molar-refractivity contribution is 0.247. The van der Waals surface area contributed by atoms with Gasteiger partial charge >= 0.3 is 6.03 Å². The van der Waals surface area contributed by atoms with Gasteiger partial charge in [0.1, 0.15) is 0 Å². The second-order valence-electron chi connectivity index (χ2n) is 1.98. The van der Waals surface area contributed by atoms with E-state index < -0.39 is 6.03 Å². The molecule has 1 radical (unpaired) electrons. The summed E-state index contributed by atoms with van der Waals surface area (Å²) in [6, 6.07) is 4.76. The van der Waals surface area contributed by atoms with Gasteiger partial charge in [-0.15, -0.1) is 0 Å². The van der Waals surface area contributed by atoms with Crippen molar-refractivity contribution >= 4 is 6.03 Å². The number of aromatic nitrogens is 1. The highest BCUT2D eigenvalue weighted by Gasteiger charge is 1.95. The molecule has 57 valence electrons. The highest BCUT2D eigenvalue weighted by molar-refractivity contribution is 5.71. The van der Waals surface area contributed by atoms with Crippen LogP contribution in [0.25, 0.3) is 0 Å². The molecule has 1 aromatic rings. The highest BCUT2D eigenvalue weighted by atomic mass is 16.2. The second-order valence-corrected chi connectivity index (χ2v) is 1.98. The summed E-state index contributed by atoms with van der Waals surface area (Å²) in [5, 5.41) is 3.47. The van der Waals surface area contributed by atoms with Gasteiger partial charge in [-0.3, -0.25) is 4.98 Å². The maximum absolute atomic E-state index is 10.2. The minimum absolute atomic E-state index is 0.260. The van der Waals surface area contributed by atoms with E-state index in [0.717, 1.165) is 5.69 Å². The Balaban J connectivity index is 2.45. The SMILES string of the molecule is NC(=O)[N]Cc1ccccn1. The number of urea groups is 1. The number of hydrogen-bond acceptors (Lipinski definition) is 2. The summed E-state index contributed by atoms with van der Waals surface area (Å²) in [6.07, 6.45) is 1.64. The Morgan fingerprint density at radius 1 is 1.64 bits per heavy atom.